The SMILES string of the molecule is O=C(NC1=NCCS1)c1ccc(N2CCCCC2=O)cc1. The van der Waals surface area contributed by atoms with Crippen LogP contribution in [0.1, 0.15) is 29.6 Å². The van der Waals surface area contributed by atoms with E-state index in [0.717, 1.165) is 37.4 Å². The first kappa shape index (κ1) is 14.1. The van der Waals surface area contributed by atoms with Crippen molar-refractivity contribution >= 4 is 34.4 Å². The summed E-state index contributed by atoms with van der Waals surface area (Å²) in [5.41, 5.74) is 1.45. The van der Waals surface area contributed by atoms with Crippen LogP contribution in [0.4, 0.5) is 5.69 Å². The third kappa shape index (κ3) is 3.26. The van der Waals surface area contributed by atoms with Crippen LogP contribution in [-0.4, -0.2) is 35.8 Å². The molecular formula is C15H17N3O2S. The van der Waals surface area contributed by atoms with Crippen LogP contribution in [0, 0.1) is 0 Å². The van der Waals surface area contributed by atoms with Crippen LogP contribution in [0.25, 0.3) is 0 Å². The van der Waals surface area contributed by atoms with Gasteiger partial charge in [-0.1, -0.05) is 11.8 Å². The number of piperidine rings is 1. The molecule has 2 amide bonds. The Hall–Kier alpha value is -1.82. The van der Waals surface area contributed by atoms with Gasteiger partial charge in [-0.2, -0.15) is 0 Å². The third-order valence-corrected chi connectivity index (χ3v) is 4.46. The highest BCUT2D eigenvalue weighted by atomic mass is 32.2. The summed E-state index contributed by atoms with van der Waals surface area (Å²) in [6, 6.07) is 7.18. The Kier molecular flexibility index (Phi) is 4.24. The Morgan fingerprint density at radius 2 is 2.05 bits per heavy atom. The van der Waals surface area contributed by atoms with Gasteiger partial charge in [0, 0.05) is 30.0 Å². The number of hydrogen-bond donors (Lipinski definition) is 1. The lowest BCUT2D eigenvalue weighted by molar-refractivity contribution is -0.119. The van der Waals surface area contributed by atoms with E-state index in [0.29, 0.717) is 17.2 Å². The minimum atomic E-state index is -0.153. The van der Waals surface area contributed by atoms with Crippen molar-refractivity contribution in [3.63, 3.8) is 0 Å². The molecular weight excluding hydrogens is 286 g/mol. The smallest absolute Gasteiger partial charge is 0.257 e. The van der Waals surface area contributed by atoms with E-state index in [2.05, 4.69) is 10.3 Å². The van der Waals surface area contributed by atoms with Gasteiger partial charge in [-0.3, -0.25) is 14.6 Å². The largest absolute Gasteiger partial charge is 0.312 e. The molecule has 0 bridgehead atoms. The Morgan fingerprint density at radius 3 is 2.71 bits per heavy atom. The number of anilines is 1. The molecule has 1 aromatic carbocycles. The van der Waals surface area contributed by atoms with Crippen molar-refractivity contribution in [2.24, 2.45) is 4.99 Å². The molecule has 2 aliphatic heterocycles. The van der Waals surface area contributed by atoms with Crippen LogP contribution >= 0.6 is 11.8 Å². The zero-order valence-corrected chi connectivity index (χ0v) is 12.5. The van der Waals surface area contributed by atoms with Gasteiger partial charge in [0.15, 0.2) is 5.17 Å². The molecule has 110 valence electrons. The van der Waals surface area contributed by atoms with Crippen molar-refractivity contribution in [1.29, 1.82) is 0 Å². The van der Waals surface area contributed by atoms with Gasteiger partial charge < -0.3 is 10.2 Å². The molecule has 21 heavy (non-hydrogen) atoms. The van der Waals surface area contributed by atoms with Gasteiger partial charge in [0.1, 0.15) is 0 Å². The predicted octanol–water partition coefficient (Wildman–Crippen LogP) is 2.04. The van der Waals surface area contributed by atoms with Gasteiger partial charge in [0.05, 0.1) is 6.54 Å². The molecule has 2 heterocycles. The monoisotopic (exact) mass is 303 g/mol. The molecule has 6 heteroatoms. The Bertz CT molecular complexity index is 583. The second kappa shape index (κ2) is 6.30. The first-order valence-electron chi connectivity index (χ1n) is 7.13. The Morgan fingerprint density at radius 1 is 1.24 bits per heavy atom. The number of aliphatic imine (C=N–C) groups is 1. The van der Waals surface area contributed by atoms with Crippen LogP contribution in [0.15, 0.2) is 29.3 Å². The Labute approximate surface area is 127 Å². The molecule has 1 N–H and O–H groups in total. The zero-order valence-electron chi connectivity index (χ0n) is 11.7. The average molecular weight is 303 g/mol. The lowest BCUT2D eigenvalue weighted by Gasteiger charge is -2.26. The maximum absolute atomic E-state index is 12.1. The fourth-order valence-corrected chi connectivity index (χ4v) is 3.18. The van der Waals surface area contributed by atoms with Gasteiger partial charge in [0.2, 0.25) is 5.91 Å². The number of thioether (sulfide) groups is 1. The van der Waals surface area contributed by atoms with Gasteiger partial charge in [-0.25, -0.2) is 0 Å². The van der Waals surface area contributed by atoms with Crippen molar-refractivity contribution < 1.29 is 9.59 Å². The van der Waals surface area contributed by atoms with Crippen LogP contribution in [0.3, 0.4) is 0 Å². The number of benzene rings is 1. The molecule has 1 fully saturated rings. The predicted molar refractivity (Wildman–Crippen MR) is 84.9 cm³/mol. The molecule has 1 saturated heterocycles. The number of amides is 2. The van der Waals surface area contributed by atoms with Crippen molar-refractivity contribution in [2.75, 3.05) is 23.7 Å². The highest BCUT2D eigenvalue weighted by Crippen LogP contribution is 2.21. The first-order chi connectivity index (χ1) is 10.2. The summed E-state index contributed by atoms with van der Waals surface area (Å²) in [6.45, 7) is 1.52. The van der Waals surface area contributed by atoms with E-state index < -0.39 is 0 Å². The van der Waals surface area contributed by atoms with Crippen molar-refractivity contribution in [3.8, 4) is 0 Å². The van der Waals surface area contributed by atoms with Crippen LogP contribution in [0.2, 0.25) is 0 Å². The molecule has 0 atom stereocenters. The van der Waals surface area contributed by atoms with E-state index in [1.54, 1.807) is 28.8 Å². The first-order valence-corrected chi connectivity index (χ1v) is 8.11. The lowest BCUT2D eigenvalue weighted by Crippen LogP contribution is -2.35. The molecule has 0 aromatic heterocycles. The zero-order chi connectivity index (χ0) is 14.7. The topological polar surface area (TPSA) is 61.8 Å². The van der Waals surface area contributed by atoms with E-state index in [1.165, 1.54) is 0 Å². The summed E-state index contributed by atoms with van der Waals surface area (Å²) in [7, 11) is 0. The molecule has 0 spiro atoms. The van der Waals surface area contributed by atoms with Crippen LogP contribution < -0.4 is 10.2 Å². The summed E-state index contributed by atoms with van der Waals surface area (Å²) < 4.78 is 0. The van der Waals surface area contributed by atoms with Crippen LogP contribution in [0.5, 0.6) is 0 Å². The quantitative estimate of drug-likeness (QED) is 0.909. The number of hydrogen-bond acceptors (Lipinski definition) is 4. The van der Waals surface area contributed by atoms with E-state index in [9.17, 15) is 9.59 Å². The van der Waals surface area contributed by atoms with Crippen molar-refractivity contribution in [2.45, 2.75) is 19.3 Å². The second-order valence-electron chi connectivity index (χ2n) is 5.04. The number of carbonyl (C=O) groups excluding carboxylic acids is 2. The van der Waals surface area contributed by atoms with E-state index >= 15 is 0 Å². The number of amidine groups is 1. The van der Waals surface area contributed by atoms with Crippen LogP contribution in [-0.2, 0) is 4.79 Å². The van der Waals surface area contributed by atoms with E-state index in [4.69, 9.17) is 0 Å². The highest BCUT2D eigenvalue weighted by molar-refractivity contribution is 8.14. The molecule has 0 saturated carbocycles. The Balaban J connectivity index is 1.68. The number of carbonyl (C=O) groups is 2. The second-order valence-corrected chi connectivity index (χ2v) is 6.12. The number of nitrogens with one attached hydrogen (secondary N) is 1. The van der Waals surface area contributed by atoms with Gasteiger partial charge in [-0.15, -0.1) is 0 Å². The maximum atomic E-state index is 12.1. The van der Waals surface area contributed by atoms with Crippen molar-refractivity contribution in [3.05, 3.63) is 29.8 Å². The van der Waals surface area contributed by atoms with Gasteiger partial charge in [0.25, 0.3) is 5.91 Å². The summed E-state index contributed by atoms with van der Waals surface area (Å²) in [6.07, 6.45) is 2.61. The molecule has 2 aliphatic rings. The summed E-state index contributed by atoms with van der Waals surface area (Å²) in [4.78, 5) is 29.9. The molecule has 5 nitrogen and oxygen atoms in total. The normalized spacial score (nSPS) is 18.6. The molecule has 1 aromatic rings. The van der Waals surface area contributed by atoms with Gasteiger partial charge >= 0.3 is 0 Å². The molecule has 3 rings (SSSR count). The number of nitrogens with zero attached hydrogens (tertiary/aromatic N) is 2. The summed E-state index contributed by atoms with van der Waals surface area (Å²) in [5, 5.41) is 3.49. The lowest BCUT2D eigenvalue weighted by atomic mass is 10.1. The average Bonchev–Trinajstić information content (AvgIpc) is 3.01. The highest BCUT2D eigenvalue weighted by Gasteiger charge is 2.20. The minimum Gasteiger partial charge on any atom is -0.312 e. The molecule has 0 unspecified atom stereocenters. The maximum Gasteiger partial charge on any atom is 0.257 e. The van der Waals surface area contributed by atoms with E-state index in [1.807, 2.05) is 12.1 Å². The van der Waals surface area contributed by atoms with E-state index in [-0.39, 0.29) is 11.8 Å². The van der Waals surface area contributed by atoms with Gasteiger partial charge in [-0.05, 0) is 37.1 Å². The molecule has 0 radical (unpaired) electrons. The summed E-state index contributed by atoms with van der Waals surface area (Å²) >= 11 is 1.56. The number of rotatable bonds is 2. The third-order valence-electron chi connectivity index (χ3n) is 3.57. The van der Waals surface area contributed by atoms with Crippen molar-refractivity contribution in [1.82, 2.24) is 5.32 Å². The fourth-order valence-electron chi connectivity index (χ4n) is 2.45. The fraction of sp³-hybridized carbons (Fsp3) is 0.400. The standard InChI is InChI=1S/C15H17N3O2S/c19-13-3-1-2-9-18(13)12-6-4-11(5-7-12)14(20)17-15-16-8-10-21-15/h4-7H,1-3,8-10H2,(H,16,17,20). The molecule has 0 aliphatic carbocycles. The minimum absolute atomic E-state index is 0.153. The summed E-state index contributed by atoms with van der Waals surface area (Å²) in [5.74, 6) is 0.931.